The van der Waals surface area contributed by atoms with Crippen LogP contribution in [0.4, 0.5) is 0 Å². The summed E-state index contributed by atoms with van der Waals surface area (Å²) in [5.41, 5.74) is 1.61. The topological polar surface area (TPSA) is 127 Å². The molecule has 0 radical (unpaired) electrons. The van der Waals surface area contributed by atoms with E-state index in [9.17, 15) is 29.4 Å². The molecule has 0 aromatic heterocycles. The van der Waals surface area contributed by atoms with Gasteiger partial charge in [0.15, 0.2) is 0 Å². The molecule has 2 rings (SSSR count). The lowest BCUT2D eigenvalue weighted by Gasteiger charge is -2.15. The van der Waals surface area contributed by atoms with E-state index in [1.165, 1.54) is 12.1 Å². The SMILES string of the molecule is C=CCc1ccc(C(=O)OCCOC(=O)c2ccc(CC=C)c(CC=C)c2C(=O)O)c(C(=O)O)c1CC=C. The van der Waals surface area contributed by atoms with Gasteiger partial charge in [0.1, 0.15) is 13.2 Å². The third-order valence-electron chi connectivity index (χ3n) is 5.66. The van der Waals surface area contributed by atoms with E-state index < -0.39 is 23.9 Å². The molecule has 0 amide bonds. The van der Waals surface area contributed by atoms with Crippen molar-refractivity contribution in [1.82, 2.24) is 0 Å². The van der Waals surface area contributed by atoms with Gasteiger partial charge in [0.2, 0.25) is 0 Å². The molecule has 2 N–H and O–H groups in total. The van der Waals surface area contributed by atoms with Crippen LogP contribution < -0.4 is 0 Å². The molecule has 8 nitrogen and oxygen atoms in total. The number of carboxylic acids is 2. The first kappa shape index (κ1) is 29.5. The Bertz CT molecular complexity index is 1190. The van der Waals surface area contributed by atoms with Gasteiger partial charge in [0.25, 0.3) is 0 Å². The summed E-state index contributed by atoms with van der Waals surface area (Å²) in [4.78, 5) is 49.4. The summed E-state index contributed by atoms with van der Waals surface area (Å²) in [7, 11) is 0. The number of hydrogen-bond acceptors (Lipinski definition) is 6. The molecule has 2 aromatic carbocycles. The molecule has 0 bridgehead atoms. The van der Waals surface area contributed by atoms with Gasteiger partial charge in [0, 0.05) is 0 Å². The summed E-state index contributed by atoms with van der Waals surface area (Å²) >= 11 is 0. The number of rotatable bonds is 15. The Hall–Kier alpha value is -4.72. The lowest BCUT2D eigenvalue weighted by atomic mass is 9.92. The van der Waals surface area contributed by atoms with Gasteiger partial charge in [-0.1, -0.05) is 36.4 Å². The van der Waals surface area contributed by atoms with Crippen LogP contribution in [-0.4, -0.2) is 47.3 Å². The van der Waals surface area contributed by atoms with Crippen molar-refractivity contribution in [3.8, 4) is 0 Å². The summed E-state index contributed by atoms with van der Waals surface area (Å²) in [5, 5.41) is 19.5. The van der Waals surface area contributed by atoms with Crippen molar-refractivity contribution in [2.24, 2.45) is 0 Å². The molecule has 0 aliphatic heterocycles. The third kappa shape index (κ3) is 6.94. The van der Waals surface area contributed by atoms with E-state index in [-0.39, 0.29) is 48.3 Å². The van der Waals surface area contributed by atoms with Gasteiger partial charge in [-0.25, -0.2) is 19.2 Å². The highest BCUT2D eigenvalue weighted by atomic mass is 16.6. The third-order valence-corrected chi connectivity index (χ3v) is 5.66. The first-order valence-corrected chi connectivity index (χ1v) is 11.8. The van der Waals surface area contributed by atoms with E-state index >= 15 is 0 Å². The van der Waals surface area contributed by atoms with Crippen molar-refractivity contribution in [2.45, 2.75) is 25.7 Å². The average Bonchev–Trinajstić information content (AvgIpc) is 2.88. The highest BCUT2D eigenvalue weighted by Gasteiger charge is 2.25. The fourth-order valence-corrected chi connectivity index (χ4v) is 4.08. The molecule has 198 valence electrons. The van der Waals surface area contributed by atoms with Crippen molar-refractivity contribution in [1.29, 1.82) is 0 Å². The number of carbonyl (C=O) groups excluding carboxylic acids is 2. The lowest BCUT2D eigenvalue weighted by molar-refractivity contribution is 0.0262. The first-order chi connectivity index (χ1) is 18.2. The summed E-state index contributed by atoms with van der Waals surface area (Å²) in [6.45, 7) is 13.9. The van der Waals surface area contributed by atoms with Crippen molar-refractivity contribution < 1.29 is 38.9 Å². The summed E-state index contributed by atoms with van der Waals surface area (Å²) in [6, 6.07) is 6.00. The van der Waals surface area contributed by atoms with Crippen LogP contribution in [0.2, 0.25) is 0 Å². The van der Waals surface area contributed by atoms with E-state index in [0.717, 1.165) is 0 Å². The number of carbonyl (C=O) groups is 4. The van der Waals surface area contributed by atoms with Gasteiger partial charge in [-0.05, 0) is 60.1 Å². The monoisotopic (exact) mass is 518 g/mol. The Labute approximate surface area is 221 Å². The van der Waals surface area contributed by atoms with Crippen molar-refractivity contribution in [3.05, 3.63) is 119 Å². The standard InChI is InChI=1S/C30H30O8/c1-5-9-19-13-15-23(25(27(31)32)21(19)11-7-3)29(35)37-17-18-38-30(36)24-16-14-20(10-6-2)22(12-8-4)26(24)28(33)34/h5-8,13-16H,1-4,9-12,17-18H2,(H,31,32)(H,33,34). The maximum absolute atomic E-state index is 12.7. The number of benzene rings is 2. The average molecular weight is 519 g/mol. The largest absolute Gasteiger partial charge is 0.478 e. The quantitative estimate of drug-likeness (QED) is 0.191. The minimum Gasteiger partial charge on any atom is -0.478 e. The molecular formula is C30H30O8. The summed E-state index contributed by atoms with van der Waals surface area (Å²) in [5.74, 6) is -4.38. The minimum absolute atomic E-state index is 0.145. The van der Waals surface area contributed by atoms with Crippen LogP contribution in [0.25, 0.3) is 0 Å². The zero-order valence-electron chi connectivity index (χ0n) is 21.0. The van der Waals surface area contributed by atoms with Crippen molar-refractivity contribution in [3.63, 3.8) is 0 Å². The maximum atomic E-state index is 12.7. The lowest BCUT2D eigenvalue weighted by Crippen LogP contribution is -2.20. The minimum atomic E-state index is -1.29. The Morgan fingerprint density at radius 1 is 0.605 bits per heavy atom. The summed E-state index contributed by atoms with van der Waals surface area (Å²) < 4.78 is 10.3. The predicted molar refractivity (Wildman–Crippen MR) is 143 cm³/mol. The van der Waals surface area contributed by atoms with Crippen LogP contribution in [0.15, 0.2) is 74.9 Å². The van der Waals surface area contributed by atoms with Crippen molar-refractivity contribution in [2.75, 3.05) is 13.2 Å². The van der Waals surface area contributed by atoms with Gasteiger partial charge in [-0.3, -0.25) is 0 Å². The van der Waals surface area contributed by atoms with Crippen molar-refractivity contribution >= 4 is 23.9 Å². The van der Waals surface area contributed by atoms with Gasteiger partial charge >= 0.3 is 23.9 Å². The van der Waals surface area contributed by atoms with Crippen LogP contribution in [0.5, 0.6) is 0 Å². The van der Waals surface area contributed by atoms with E-state index in [2.05, 4.69) is 26.3 Å². The van der Waals surface area contributed by atoms with Gasteiger partial charge in [-0.2, -0.15) is 0 Å². The molecule has 38 heavy (non-hydrogen) atoms. The maximum Gasteiger partial charge on any atom is 0.339 e. The second-order valence-electron chi connectivity index (χ2n) is 8.10. The Balaban J connectivity index is 2.20. The fraction of sp³-hybridized carbons (Fsp3) is 0.200. The van der Waals surface area contributed by atoms with E-state index in [1.807, 2.05) is 0 Å². The number of allylic oxidation sites excluding steroid dienone is 4. The molecule has 0 aliphatic carbocycles. The molecule has 0 unspecified atom stereocenters. The molecule has 0 fully saturated rings. The number of aromatic carboxylic acids is 2. The highest BCUT2D eigenvalue weighted by Crippen LogP contribution is 2.24. The molecular weight excluding hydrogens is 488 g/mol. The van der Waals surface area contributed by atoms with E-state index in [1.54, 1.807) is 36.4 Å². The molecule has 2 aromatic rings. The van der Waals surface area contributed by atoms with Gasteiger partial charge in [-0.15, -0.1) is 26.3 Å². The number of carboxylic acid groups (broad SMARTS) is 2. The first-order valence-electron chi connectivity index (χ1n) is 11.8. The van der Waals surface area contributed by atoms with Crippen LogP contribution in [-0.2, 0) is 35.2 Å². The second-order valence-corrected chi connectivity index (χ2v) is 8.10. The molecule has 8 heteroatoms. The molecule has 0 saturated carbocycles. The highest BCUT2D eigenvalue weighted by molar-refractivity contribution is 6.04. The molecule has 0 spiro atoms. The Morgan fingerprint density at radius 3 is 1.24 bits per heavy atom. The fourth-order valence-electron chi connectivity index (χ4n) is 4.08. The molecule has 0 heterocycles. The van der Waals surface area contributed by atoms with E-state index in [4.69, 9.17) is 9.47 Å². The second kappa shape index (κ2) is 14.1. The number of hydrogen-bond donors (Lipinski definition) is 2. The predicted octanol–water partition coefficient (Wildman–Crippen LogP) is 5.01. The van der Waals surface area contributed by atoms with Gasteiger partial charge < -0.3 is 19.7 Å². The van der Waals surface area contributed by atoms with Crippen LogP contribution in [0.1, 0.15) is 63.7 Å². The Kier molecular flexibility index (Phi) is 11.0. The van der Waals surface area contributed by atoms with Crippen LogP contribution in [0, 0.1) is 0 Å². The van der Waals surface area contributed by atoms with Gasteiger partial charge in [0.05, 0.1) is 22.3 Å². The zero-order chi connectivity index (χ0) is 28.2. The van der Waals surface area contributed by atoms with Crippen LogP contribution >= 0.6 is 0 Å². The Morgan fingerprint density at radius 2 is 0.947 bits per heavy atom. The molecule has 0 atom stereocenters. The zero-order valence-corrected chi connectivity index (χ0v) is 21.0. The van der Waals surface area contributed by atoms with E-state index in [0.29, 0.717) is 35.1 Å². The molecule has 0 aliphatic rings. The summed E-state index contributed by atoms with van der Waals surface area (Å²) in [6.07, 6.45) is 7.62. The normalized spacial score (nSPS) is 10.2. The number of esters is 2. The van der Waals surface area contributed by atoms with Crippen LogP contribution in [0.3, 0.4) is 0 Å². The smallest absolute Gasteiger partial charge is 0.339 e. The molecule has 0 saturated heterocycles. The number of ether oxygens (including phenoxy) is 2.